The lowest BCUT2D eigenvalue weighted by atomic mass is 10.2. The van der Waals surface area contributed by atoms with Gasteiger partial charge in [0.2, 0.25) is 5.91 Å². The third kappa shape index (κ3) is 7.53. The second-order valence-corrected chi connectivity index (χ2v) is 4.42. The van der Waals surface area contributed by atoms with E-state index in [1.807, 2.05) is 6.92 Å². The number of amides is 1. The van der Waals surface area contributed by atoms with Gasteiger partial charge >= 0.3 is 0 Å². The van der Waals surface area contributed by atoms with Crippen LogP contribution in [0.3, 0.4) is 0 Å². The normalized spacial score (nSPS) is 13.5. The fraction of sp³-hybridized carbons (Fsp3) is 0.700. The SMILES string of the molecule is C=CC(=O)NC(C)CC[N+](C)(C)C. The van der Waals surface area contributed by atoms with E-state index in [0.717, 1.165) is 17.4 Å². The smallest absolute Gasteiger partial charge is 0.243 e. The summed E-state index contributed by atoms with van der Waals surface area (Å²) in [5.41, 5.74) is 0. The van der Waals surface area contributed by atoms with Crippen molar-refractivity contribution in [1.29, 1.82) is 0 Å². The first-order chi connectivity index (χ1) is 5.85. The van der Waals surface area contributed by atoms with Gasteiger partial charge in [0, 0.05) is 12.5 Å². The van der Waals surface area contributed by atoms with Crippen LogP contribution in [0.15, 0.2) is 12.7 Å². The van der Waals surface area contributed by atoms with Gasteiger partial charge < -0.3 is 9.80 Å². The van der Waals surface area contributed by atoms with Crippen LogP contribution in [0.2, 0.25) is 0 Å². The molecule has 3 heteroatoms. The molecular formula is C10H21N2O+. The second kappa shape index (κ2) is 5.02. The topological polar surface area (TPSA) is 29.1 Å². The maximum atomic E-state index is 10.9. The minimum atomic E-state index is -0.0890. The molecule has 0 saturated carbocycles. The molecule has 0 aromatic heterocycles. The summed E-state index contributed by atoms with van der Waals surface area (Å²) in [4.78, 5) is 10.9. The Morgan fingerprint density at radius 2 is 2.08 bits per heavy atom. The summed E-state index contributed by atoms with van der Waals surface area (Å²) >= 11 is 0. The van der Waals surface area contributed by atoms with Crippen LogP contribution in [0, 0.1) is 0 Å². The summed E-state index contributed by atoms with van der Waals surface area (Å²) in [6, 6.07) is 0.225. The summed E-state index contributed by atoms with van der Waals surface area (Å²) in [5.74, 6) is -0.0890. The Kier molecular flexibility index (Phi) is 4.70. The quantitative estimate of drug-likeness (QED) is 0.497. The lowest BCUT2D eigenvalue weighted by molar-refractivity contribution is -0.870. The van der Waals surface area contributed by atoms with E-state index >= 15 is 0 Å². The Hall–Kier alpha value is -0.830. The van der Waals surface area contributed by atoms with Crippen molar-refractivity contribution in [1.82, 2.24) is 5.32 Å². The Labute approximate surface area is 81.0 Å². The number of nitrogens with zero attached hydrogens (tertiary/aromatic N) is 1. The first kappa shape index (κ1) is 12.2. The molecule has 1 amide bonds. The van der Waals surface area contributed by atoms with Gasteiger partial charge in [0.25, 0.3) is 0 Å². The highest BCUT2D eigenvalue weighted by Crippen LogP contribution is 1.97. The standard InChI is InChI=1S/C10H20N2O/c1-6-10(13)11-9(2)7-8-12(3,4)5/h6,9H,1,7-8H2,2-5H3/p+1. The van der Waals surface area contributed by atoms with Crippen molar-refractivity contribution >= 4 is 5.91 Å². The largest absolute Gasteiger partial charge is 0.350 e. The number of hydrogen-bond donors (Lipinski definition) is 1. The van der Waals surface area contributed by atoms with Crippen LogP contribution in [-0.4, -0.2) is 44.1 Å². The van der Waals surface area contributed by atoms with Gasteiger partial charge in [-0.2, -0.15) is 0 Å². The van der Waals surface area contributed by atoms with E-state index in [0.29, 0.717) is 0 Å². The Bertz CT molecular complexity index is 182. The third-order valence-electron chi connectivity index (χ3n) is 1.81. The number of quaternary nitrogens is 1. The lowest BCUT2D eigenvalue weighted by Gasteiger charge is -2.25. The predicted molar refractivity (Wildman–Crippen MR) is 55.3 cm³/mol. The maximum absolute atomic E-state index is 10.9. The third-order valence-corrected chi connectivity index (χ3v) is 1.81. The van der Waals surface area contributed by atoms with Crippen LogP contribution in [0.25, 0.3) is 0 Å². The fourth-order valence-corrected chi connectivity index (χ4v) is 0.955. The van der Waals surface area contributed by atoms with Gasteiger partial charge in [-0.05, 0) is 13.0 Å². The van der Waals surface area contributed by atoms with Gasteiger partial charge in [-0.15, -0.1) is 0 Å². The Morgan fingerprint density at radius 1 is 1.54 bits per heavy atom. The molecule has 0 bridgehead atoms. The highest BCUT2D eigenvalue weighted by molar-refractivity contribution is 5.87. The molecule has 0 aromatic carbocycles. The van der Waals surface area contributed by atoms with Crippen molar-refractivity contribution in [3.8, 4) is 0 Å². The number of carbonyl (C=O) groups excluding carboxylic acids is 1. The molecule has 0 saturated heterocycles. The summed E-state index contributed by atoms with van der Waals surface area (Å²) < 4.78 is 0.925. The molecule has 0 fully saturated rings. The summed E-state index contributed by atoms with van der Waals surface area (Å²) in [6.45, 7) is 6.47. The average Bonchev–Trinajstić information content (AvgIpc) is 1.99. The van der Waals surface area contributed by atoms with Gasteiger partial charge in [-0.3, -0.25) is 4.79 Å². The predicted octanol–water partition coefficient (Wildman–Crippen LogP) is 0.773. The van der Waals surface area contributed by atoms with Crippen molar-refractivity contribution in [2.24, 2.45) is 0 Å². The number of carbonyl (C=O) groups is 1. The number of hydrogen-bond acceptors (Lipinski definition) is 1. The molecule has 0 spiro atoms. The van der Waals surface area contributed by atoms with Crippen LogP contribution >= 0.6 is 0 Å². The summed E-state index contributed by atoms with van der Waals surface area (Å²) in [7, 11) is 6.42. The van der Waals surface area contributed by atoms with Crippen molar-refractivity contribution in [3.05, 3.63) is 12.7 Å². The maximum Gasteiger partial charge on any atom is 0.243 e. The van der Waals surface area contributed by atoms with Gasteiger partial charge in [-0.1, -0.05) is 6.58 Å². The van der Waals surface area contributed by atoms with Crippen LogP contribution in [0.5, 0.6) is 0 Å². The van der Waals surface area contributed by atoms with Gasteiger partial charge in [0.15, 0.2) is 0 Å². The molecule has 3 nitrogen and oxygen atoms in total. The zero-order chi connectivity index (χ0) is 10.5. The zero-order valence-electron chi connectivity index (χ0n) is 9.13. The lowest BCUT2D eigenvalue weighted by Crippen LogP contribution is -2.40. The van der Waals surface area contributed by atoms with Crippen LogP contribution in [-0.2, 0) is 4.79 Å². The minimum Gasteiger partial charge on any atom is -0.350 e. The van der Waals surface area contributed by atoms with Crippen molar-refractivity contribution < 1.29 is 9.28 Å². The van der Waals surface area contributed by atoms with Crippen LogP contribution < -0.4 is 5.32 Å². The first-order valence-corrected chi connectivity index (χ1v) is 4.58. The fourth-order valence-electron chi connectivity index (χ4n) is 0.955. The molecule has 76 valence electrons. The van der Waals surface area contributed by atoms with Crippen LogP contribution in [0.1, 0.15) is 13.3 Å². The summed E-state index contributed by atoms with van der Waals surface area (Å²) in [6.07, 6.45) is 2.30. The highest BCUT2D eigenvalue weighted by Gasteiger charge is 2.11. The molecular weight excluding hydrogens is 164 g/mol. The molecule has 1 unspecified atom stereocenters. The molecule has 1 N–H and O–H groups in total. The molecule has 1 atom stereocenters. The van der Waals surface area contributed by atoms with Crippen LogP contribution in [0.4, 0.5) is 0 Å². The van der Waals surface area contributed by atoms with E-state index in [9.17, 15) is 4.79 Å². The van der Waals surface area contributed by atoms with E-state index in [1.54, 1.807) is 0 Å². The average molecular weight is 185 g/mol. The minimum absolute atomic E-state index is 0.0890. The molecule has 0 heterocycles. The van der Waals surface area contributed by atoms with E-state index in [1.165, 1.54) is 6.08 Å². The molecule has 0 aliphatic carbocycles. The summed E-state index contributed by atoms with van der Waals surface area (Å²) in [5, 5.41) is 2.84. The van der Waals surface area contributed by atoms with E-state index in [4.69, 9.17) is 0 Å². The molecule has 0 aliphatic heterocycles. The van der Waals surface area contributed by atoms with Gasteiger partial charge in [-0.25, -0.2) is 0 Å². The van der Waals surface area contributed by atoms with E-state index < -0.39 is 0 Å². The van der Waals surface area contributed by atoms with Gasteiger partial charge in [0.1, 0.15) is 0 Å². The van der Waals surface area contributed by atoms with Crippen molar-refractivity contribution in [3.63, 3.8) is 0 Å². The number of rotatable bonds is 5. The zero-order valence-corrected chi connectivity index (χ0v) is 9.13. The highest BCUT2D eigenvalue weighted by atomic mass is 16.1. The monoisotopic (exact) mass is 185 g/mol. The van der Waals surface area contributed by atoms with Crippen molar-refractivity contribution in [2.75, 3.05) is 27.7 Å². The first-order valence-electron chi connectivity index (χ1n) is 4.58. The Balaban J connectivity index is 3.69. The molecule has 0 aliphatic rings. The molecule has 0 rings (SSSR count). The van der Waals surface area contributed by atoms with E-state index in [2.05, 4.69) is 33.0 Å². The molecule has 13 heavy (non-hydrogen) atoms. The Morgan fingerprint density at radius 3 is 2.46 bits per heavy atom. The molecule has 0 aromatic rings. The van der Waals surface area contributed by atoms with E-state index in [-0.39, 0.29) is 11.9 Å². The molecule has 0 radical (unpaired) electrons. The van der Waals surface area contributed by atoms with Gasteiger partial charge in [0.05, 0.1) is 27.7 Å². The number of nitrogens with one attached hydrogen (secondary N) is 1. The van der Waals surface area contributed by atoms with Crippen molar-refractivity contribution in [2.45, 2.75) is 19.4 Å². The second-order valence-electron chi connectivity index (χ2n) is 4.42.